The lowest BCUT2D eigenvalue weighted by Gasteiger charge is -2.32. The number of rotatable bonds is 5. The lowest BCUT2D eigenvalue weighted by molar-refractivity contribution is -0.0530. The summed E-state index contributed by atoms with van der Waals surface area (Å²) in [6, 6.07) is 0. The first kappa shape index (κ1) is 14.6. The summed E-state index contributed by atoms with van der Waals surface area (Å²) in [4.78, 5) is 4.42. The summed E-state index contributed by atoms with van der Waals surface area (Å²) in [6.07, 6.45) is 8.34. The van der Waals surface area contributed by atoms with Crippen molar-refractivity contribution in [1.82, 2.24) is 5.32 Å². The molecule has 2 atom stereocenters. The number of nitrogens with one attached hydrogen (secondary N) is 1. The zero-order chi connectivity index (χ0) is 13.7. The summed E-state index contributed by atoms with van der Waals surface area (Å²) in [5, 5.41) is 3.25. The van der Waals surface area contributed by atoms with Gasteiger partial charge in [-0.3, -0.25) is 4.99 Å². The van der Waals surface area contributed by atoms with E-state index < -0.39 is 0 Å². The van der Waals surface area contributed by atoms with Crippen LogP contribution in [0.25, 0.3) is 0 Å². The van der Waals surface area contributed by atoms with Gasteiger partial charge >= 0.3 is 0 Å². The second kappa shape index (κ2) is 7.13. The second-order valence-electron chi connectivity index (χ2n) is 6.33. The molecule has 0 radical (unpaired) electrons. The fourth-order valence-electron chi connectivity index (χ4n) is 3.14. The first-order valence-corrected chi connectivity index (χ1v) is 7.82. The maximum Gasteiger partial charge on any atom is 0.188 e. The maximum absolute atomic E-state index is 5.89. The second-order valence-corrected chi connectivity index (χ2v) is 6.33. The van der Waals surface area contributed by atoms with E-state index in [1.165, 1.54) is 32.1 Å². The Hall–Kier alpha value is -0.770. The molecule has 4 nitrogen and oxygen atoms in total. The van der Waals surface area contributed by atoms with Crippen molar-refractivity contribution in [2.75, 3.05) is 13.1 Å². The largest absolute Gasteiger partial charge is 0.376 e. The Labute approximate surface area is 117 Å². The number of ether oxygens (including phenoxy) is 1. The summed E-state index contributed by atoms with van der Waals surface area (Å²) in [5.41, 5.74) is 5.89. The van der Waals surface area contributed by atoms with Crippen molar-refractivity contribution in [3.63, 3.8) is 0 Å². The quantitative estimate of drug-likeness (QED) is 0.593. The molecular weight excluding hydrogens is 238 g/mol. The number of nitrogens with two attached hydrogens (primary N) is 1. The fourth-order valence-corrected chi connectivity index (χ4v) is 3.14. The van der Waals surface area contributed by atoms with Crippen LogP contribution in [0.4, 0.5) is 0 Å². The average Bonchev–Trinajstić information content (AvgIpc) is 2.25. The predicted octanol–water partition coefficient (Wildman–Crippen LogP) is 2.28. The topological polar surface area (TPSA) is 59.6 Å². The third kappa shape index (κ3) is 5.01. The molecule has 1 aliphatic heterocycles. The Kier molecular flexibility index (Phi) is 5.49. The van der Waals surface area contributed by atoms with E-state index in [0.717, 1.165) is 31.3 Å². The van der Waals surface area contributed by atoms with Crippen molar-refractivity contribution in [3.8, 4) is 0 Å². The van der Waals surface area contributed by atoms with Crippen LogP contribution in [-0.2, 0) is 4.74 Å². The SMILES string of the molecule is CC1CC(CCNC(N)=NCC2CCC2)CC(C)O1. The number of hydrogen-bond donors (Lipinski definition) is 2. The molecule has 0 amide bonds. The van der Waals surface area contributed by atoms with Crippen molar-refractivity contribution >= 4 is 5.96 Å². The van der Waals surface area contributed by atoms with Gasteiger partial charge in [-0.25, -0.2) is 0 Å². The highest BCUT2D eigenvalue weighted by molar-refractivity contribution is 5.77. The lowest BCUT2D eigenvalue weighted by atomic mass is 9.86. The standard InChI is InChI=1S/C15H29N3O/c1-11-8-14(9-12(2)19-11)6-7-17-15(16)18-10-13-4-3-5-13/h11-14H,3-10H2,1-2H3,(H3,16,17,18). The van der Waals surface area contributed by atoms with E-state index in [9.17, 15) is 0 Å². The minimum absolute atomic E-state index is 0.401. The molecule has 2 unspecified atom stereocenters. The summed E-state index contributed by atoms with van der Waals surface area (Å²) >= 11 is 0. The summed E-state index contributed by atoms with van der Waals surface area (Å²) in [6.45, 7) is 6.18. The van der Waals surface area contributed by atoms with E-state index >= 15 is 0 Å². The highest BCUT2D eigenvalue weighted by Crippen LogP contribution is 2.27. The van der Waals surface area contributed by atoms with Crippen LogP contribution >= 0.6 is 0 Å². The molecule has 4 heteroatoms. The zero-order valence-corrected chi connectivity index (χ0v) is 12.4. The first-order chi connectivity index (χ1) is 9.13. The highest BCUT2D eigenvalue weighted by atomic mass is 16.5. The fraction of sp³-hybridized carbons (Fsp3) is 0.933. The van der Waals surface area contributed by atoms with E-state index in [1.54, 1.807) is 0 Å². The molecule has 19 heavy (non-hydrogen) atoms. The molecule has 0 aromatic rings. The molecule has 2 fully saturated rings. The number of hydrogen-bond acceptors (Lipinski definition) is 2. The molecule has 110 valence electrons. The average molecular weight is 267 g/mol. The van der Waals surface area contributed by atoms with Crippen molar-refractivity contribution < 1.29 is 4.74 Å². The van der Waals surface area contributed by atoms with Crippen LogP contribution in [0.1, 0.15) is 52.4 Å². The molecule has 1 heterocycles. The predicted molar refractivity (Wildman–Crippen MR) is 79.2 cm³/mol. The van der Waals surface area contributed by atoms with Gasteiger partial charge in [-0.2, -0.15) is 0 Å². The van der Waals surface area contributed by atoms with Gasteiger partial charge in [-0.1, -0.05) is 6.42 Å². The van der Waals surface area contributed by atoms with Crippen molar-refractivity contribution in [3.05, 3.63) is 0 Å². The maximum atomic E-state index is 5.89. The van der Waals surface area contributed by atoms with Gasteiger partial charge in [0.05, 0.1) is 12.2 Å². The van der Waals surface area contributed by atoms with Crippen LogP contribution in [0.15, 0.2) is 4.99 Å². The van der Waals surface area contributed by atoms with Gasteiger partial charge in [0.15, 0.2) is 5.96 Å². The molecule has 0 aromatic carbocycles. The van der Waals surface area contributed by atoms with Crippen molar-refractivity contribution in [2.24, 2.45) is 22.6 Å². The Morgan fingerprint density at radius 1 is 1.21 bits per heavy atom. The van der Waals surface area contributed by atoms with Crippen LogP contribution < -0.4 is 11.1 Å². The van der Waals surface area contributed by atoms with Gasteiger partial charge in [0.25, 0.3) is 0 Å². The summed E-state index contributed by atoms with van der Waals surface area (Å²) < 4.78 is 5.76. The van der Waals surface area contributed by atoms with Gasteiger partial charge in [0.2, 0.25) is 0 Å². The minimum atomic E-state index is 0.401. The van der Waals surface area contributed by atoms with Crippen LogP contribution in [-0.4, -0.2) is 31.3 Å². The van der Waals surface area contributed by atoms with Crippen molar-refractivity contribution in [2.45, 2.75) is 64.6 Å². The molecule has 1 saturated heterocycles. The summed E-state index contributed by atoms with van der Waals surface area (Å²) in [7, 11) is 0. The van der Waals surface area contributed by atoms with E-state index in [4.69, 9.17) is 10.5 Å². The molecule has 0 spiro atoms. The van der Waals surface area contributed by atoms with Crippen molar-refractivity contribution in [1.29, 1.82) is 0 Å². The van der Waals surface area contributed by atoms with E-state index in [2.05, 4.69) is 24.2 Å². The smallest absolute Gasteiger partial charge is 0.188 e. The van der Waals surface area contributed by atoms with Gasteiger partial charge in [0.1, 0.15) is 0 Å². The lowest BCUT2D eigenvalue weighted by Crippen LogP contribution is -2.36. The van der Waals surface area contributed by atoms with Crippen LogP contribution in [0.5, 0.6) is 0 Å². The molecule has 1 aliphatic carbocycles. The molecule has 0 bridgehead atoms. The first-order valence-electron chi connectivity index (χ1n) is 7.82. The van der Waals surface area contributed by atoms with Gasteiger partial charge in [-0.15, -0.1) is 0 Å². The molecule has 3 N–H and O–H groups in total. The normalized spacial score (nSPS) is 32.9. The van der Waals surface area contributed by atoms with Crippen LogP contribution in [0, 0.1) is 11.8 Å². The van der Waals surface area contributed by atoms with Gasteiger partial charge < -0.3 is 15.8 Å². The Morgan fingerprint density at radius 2 is 1.89 bits per heavy atom. The van der Waals surface area contributed by atoms with E-state index in [0.29, 0.717) is 18.2 Å². The van der Waals surface area contributed by atoms with Crippen LogP contribution in [0.3, 0.4) is 0 Å². The van der Waals surface area contributed by atoms with Gasteiger partial charge in [-0.05, 0) is 57.8 Å². The molecule has 0 aromatic heterocycles. The van der Waals surface area contributed by atoms with E-state index in [1.807, 2.05) is 0 Å². The summed E-state index contributed by atoms with van der Waals surface area (Å²) in [5.74, 6) is 2.17. The Bertz CT molecular complexity index is 292. The third-order valence-corrected chi connectivity index (χ3v) is 4.40. The number of nitrogens with zero attached hydrogens (tertiary/aromatic N) is 1. The molecule has 1 saturated carbocycles. The molecular formula is C15H29N3O. The minimum Gasteiger partial charge on any atom is -0.376 e. The molecule has 2 rings (SSSR count). The number of aliphatic imine (C=N–C) groups is 1. The number of guanidine groups is 1. The molecule has 2 aliphatic rings. The Balaban J connectivity index is 1.59. The van der Waals surface area contributed by atoms with Gasteiger partial charge in [0, 0.05) is 13.1 Å². The van der Waals surface area contributed by atoms with Crippen LogP contribution in [0.2, 0.25) is 0 Å². The third-order valence-electron chi connectivity index (χ3n) is 4.40. The highest BCUT2D eigenvalue weighted by Gasteiger charge is 2.23. The monoisotopic (exact) mass is 267 g/mol. The Morgan fingerprint density at radius 3 is 2.47 bits per heavy atom. The van der Waals surface area contributed by atoms with E-state index in [-0.39, 0.29) is 0 Å². The zero-order valence-electron chi connectivity index (χ0n) is 12.4.